The number of rotatable bonds is 1. The van der Waals surface area contributed by atoms with Gasteiger partial charge in [0.05, 0.1) is 0 Å². The molecule has 2 nitrogen and oxygen atoms in total. The first-order valence-corrected chi connectivity index (χ1v) is 5.21. The second kappa shape index (κ2) is 2.62. The first-order chi connectivity index (χ1) is 6.73. The SMILES string of the molecule is OB(O)c1cccc2c1CCC21CC1. The zero-order valence-electron chi connectivity index (χ0n) is 8.03. The highest BCUT2D eigenvalue weighted by molar-refractivity contribution is 6.59. The van der Waals surface area contributed by atoms with Crippen LogP contribution in [0.4, 0.5) is 0 Å². The molecule has 3 heteroatoms. The molecule has 2 aliphatic rings. The van der Waals surface area contributed by atoms with Gasteiger partial charge in [0.25, 0.3) is 0 Å². The van der Waals surface area contributed by atoms with Crippen LogP contribution < -0.4 is 5.46 Å². The van der Waals surface area contributed by atoms with E-state index in [0.29, 0.717) is 10.9 Å². The van der Waals surface area contributed by atoms with Gasteiger partial charge in [-0.1, -0.05) is 18.2 Å². The van der Waals surface area contributed by atoms with E-state index in [1.807, 2.05) is 12.1 Å². The van der Waals surface area contributed by atoms with Gasteiger partial charge in [0.15, 0.2) is 0 Å². The van der Waals surface area contributed by atoms with Crippen molar-refractivity contribution >= 4 is 12.6 Å². The van der Waals surface area contributed by atoms with Crippen molar-refractivity contribution in [2.24, 2.45) is 0 Å². The smallest absolute Gasteiger partial charge is 0.423 e. The van der Waals surface area contributed by atoms with Crippen LogP contribution in [0.25, 0.3) is 0 Å². The number of hydrogen-bond acceptors (Lipinski definition) is 2. The standard InChI is InChI=1S/C11H13BO2/c13-12(14)10-3-1-2-9-8(10)4-5-11(9)6-7-11/h1-3,13-14H,4-7H2. The van der Waals surface area contributed by atoms with Gasteiger partial charge in [0.1, 0.15) is 0 Å². The molecule has 1 spiro atoms. The van der Waals surface area contributed by atoms with E-state index in [1.54, 1.807) is 0 Å². The van der Waals surface area contributed by atoms with Gasteiger partial charge in [0, 0.05) is 0 Å². The fourth-order valence-electron chi connectivity index (χ4n) is 2.79. The third-order valence-electron chi connectivity index (χ3n) is 3.77. The van der Waals surface area contributed by atoms with Crippen molar-refractivity contribution in [2.75, 3.05) is 0 Å². The van der Waals surface area contributed by atoms with Crippen LogP contribution >= 0.6 is 0 Å². The lowest BCUT2D eigenvalue weighted by molar-refractivity contribution is 0.425. The Labute approximate surface area is 83.7 Å². The van der Waals surface area contributed by atoms with Crippen LogP contribution in [-0.2, 0) is 11.8 Å². The maximum Gasteiger partial charge on any atom is 0.488 e. The van der Waals surface area contributed by atoms with Crippen molar-refractivity contribution in [3.8, 4) is 0 Å². The topological polar surface area (TPSA) is 40.5 Å². The highest BCUT2D eigenvalue weighted by Crippen LogP contribution is 2.56. The van der Waals surface area contributed by atoms with Gasteiger partial charge in [0.2, 0.25) is 0 Å². The molecule has 0 heterocycles. The fourth-order valence-corrected chi connectivity index (χ4v) is 2.79. The molecule has 0 radical (unpaired) electrons. The van der Waals surface area contributed by atoms with Crippen LogP contribution in [0, 0.1) is 0 Å². The average Bonchev–Trinajstić information content (AvgIpc) is 2.85. The average molecular weight is 188 g/mol. The van der Waals surface area contributed by atoms with E-state index in [9.17, 15) is 10.0 Å². The zero-order valence-corrected chi connectivity index (χ0v) is 8.03. The van der Waals surface area contributed by atoms with Gasteiger partial charge >= 0.3 is 7.12 Å². The largest absolute Gasteiger partial charge is 0.488 e. The molecule has 0 amide bonds. The van der Waals surface area contributed by atoms with E-state index in [4.69, 9.17) is 0 Å². The van der Waals surface area contributed by atoms with Gasteiger partial charge in [-0.05, 0) is 47.7 Å². The van der Waals surface area contributed by atoms with Crippen LogP contribution in [0.1, 0.15) is 30.4 Å². The van der Waals surface area contributed by atoms with E-state index in [2.05, 4.69) is 6.07 Å². The second-order valence-electron chi connectivity index (χ2n) is 4.53. The summed E-state index contributed by atoms with van der Waals surface area (Å²) in [5.74, 6) is 0. The van der Waals surface area contributed by atoms with Gasteiger partial charge < -0.3 is 10.0 Å². The Morgan fingerprint density at radius 2 is 1.93 bits per heavy atom. The van der Waals surface area contributed by atoms with E-state index in [0.717, 1.165) is 6.42 Å². The van der Waals surface area contributed by atoms with Gasteiger partial charge in [-0.15, -0.1) is 0 Å². The molecule has 1 saturated carbocycles. The Morgan fingerprint density at radius 1 is 1.14 bits per heavy atom. The van der Waals surface area contributed by atoms with Gasteiger partial charge in [-0.3, -0.25) is 0 Å². The summed E-state index contributed by atoms with van der Waals surface area (Å²) >= 11 is 0. The Balaban J connectivity index is 2.15. The minimum atomic E-state index is -1.31. The third kappa shape index (κ3) is 0.997. The molecule has 72 valence electrons. The lowest BCUT2D eigenvalue weighted by Crippen LogP contribution is -2.33. The first kappa shape index (κ1) is 8.51. The van der Waals surface area contributed by atoms with Crippen LogP contribution in [0.5, 0.6) is 0 Å². The van der Waals surface area contributed by atoms with Crippen molar-refractivity contribution in [1.29, 1.82) is 0 Å². The van der Waals surface area contributed by atoms with Crippen molar-refractivity contribution in [2.45, 2.75) is 31.1 Å². The molecule has 1 aromatic rings. The summed E-state index contributed by atoms with van der Waals surface area (Å²) < 4.78 is 0. The monoisotopic (exact) mass is 188 g/mol. The predicted octanol–water partition coefficient (Wildman–Crippen LogP) is 0.344. The fraction of sp³-hybridized carbons (Fsp3) is 0.455. The Bertz CT molecular complexity index is 383. The molecular weight excluding hydrogens is 175 g/mol. The van der Waals surface area contributed by atoms with Crippen LogP contribution in [0.2, 0.25) is 0 Å². The quantitative estimate of drug-likeness (QED) is 0.624. The molecule has 2 N–H and O–H groups in total. The molecule has 1 fully saturated rings. The maximum atomic E-state index is 9.23. The Morgan fingerprint density at radius 3 is 2.57 bits per heavy atom. The Hall–Kier alpha value is -0.795. The predicted molar refractivity (Wildman–Crippen MR) is 55.5 cm³/mol. The van der Waals surface area contributed by atoms with E-state index in [1.165, 1.54) is 30.4 Å². The van der Waals surface area contributed by atoms with E-state index in [-0.39, 0.29) is 0 Å². The summed E-state index contributed by atoms with van der Waals surface area (Å²) in [5.41, 5.74) is 3.72. The highest BCUT2D eigenvalue weighted by atomic mass is 16.4. The Kier molecular flexibility index (Phi) is 1.59. The lowest BCUT2D eigenvalue weighted by Gasteiger charge is -2.10. The van der Waals surface area contributed by atoms with E-state index >= 15 is 0 Å². The number of benzene rings is 1. The molecule has 14 heavy (non-hydrogen) atoms. The first-order valence-electron chi connectivity index (χ1n) is 5.21. The zero-order chi connectivity index (χ0) is 9.76. The molecule has 0 aromatic heterocycles. The molecule has 2 aliphatic carbocycles. The minimum Gasteiger partial charge on any atom is -0.423 e. The molecule has 0 aliphatic heterocycles. The van der Waals surface area contributed by atoms with Crippen molar-refractivity contribution < 1.29 is 10.0 Å². The summed E-state index contributed by atoms with van der Waals surface area (Å²) in [6, 6.07) is 5.92. The normalized spacial score (nSPS) is 21.0. The van der Waals surface area contributed by atoms with Crippen molar-refractivity contribution in [3.63, 3.8) is 0 Å². The number of hydrogen-bond donors (Lipinski definition) is 2. The molecule has 0 unspecified atom stereocenters. The van der Waals surface area contributed by atoms with Crippen LogP contribution in [-0.4, -0.2) is 17.2 Å². The minimum absolute atomic E-state index is 0.431. The molecular formula is C11H13BO2. The summed E-state index contributed by atoms with van der Waals surface area (Å²) in [5, 5.41) is 18.5. The van der Waals surface area contributed by atoms with Crippen molar-refractivity contribution in [3.05, 3.63) is 29.3 Å². The highest BCUT2D eigenvalue weighted by Gasteiger charge is 2.49. The summed E-state index contributed by atoms with van der Waals surface area (Å²) in [6.45, 7) is 0. The lowest BCUT2D eigenvalue weighted by atomic mass is 9.75. The van der Waals surface area contributed by atoms with Gasteiger partial charge in [-0.2, -0.15) is 0 Å². The third-order valence-corrected chi connectivity index (χ3v) is 3.77. The molecule has 0 saturated heterocycles. The summed E-state index contributed by atoms with van der Waals surface area (Å²) in [6.07, 6.45) is 4.78. The number of fused-ring (bicyclic) bond motifs is 2. The maximum absolute atomic E-state index is 9.23. The summed E-state index contributed by atoms with van der Waals surface area (Å²) in [7, 11) is -1.31. The second-order valence-corrected chi connectivity index (χ2v) is 4.53. The van der Waals surface area contributed by atoms with Crippen LogP contribution in [0.15, 0.2) is 18.2 Å². The van der Waals surface area contributed by atoms with Crippen molar-refractivity contribution in [1.82, 2.24) is 0 Å². The molecule has 0 bridgehead atoms. The molecule has 0 atom stereocenters. The summed E-state index contributed by atoms with van der Waals surface area (Å²) in [4.78, 5) is 0. The molecule has 3 rings (SSSR count). The van der Waals surface area contributed by atoms with Gasteiger partial charge in [-0.25, -0.2) is 0 Å². The van der Waals surface area contributed by atoms with Crippen LogP contribution in [0.3, 0.4) is 0 Å². The van der Waals surface area contributed by atoms with E-state index < -0.39 is 7.12 Å². The molecule has 1 aromatic carbocycles.